The zero-order chi connectivity index (χ0) is 12.1. The summed E-state index contributed by atoms with van der Waals surface area (Å²) in [5.41, 5.74) is 0.901. The number of hydrogen-bond donors (Lipinski definition) is 1. The van der Waals surface area contributed by atoms with Crippen LogP contribution in [0.1, 0.15) is 5.82 Å². The molecule has 0 saturated heterocycles. The van der Waals surface area contributed by atoms with Crippen LogP contribution in [-0.4, -0.2) is 30.2 Å². The Morgan fingerprint density at radius 3 is 2.88 bits per heavy atom. The zero-order valence-corrected chi connectivity index (χ0v) is 10.4. The Labute approximate surface area is 105 Å². The number of alkyl halides is 1. The van der Waals surface area contributed by atoms with Crippen LogP contribution in [0.4, 0.5) is 5.82 Å². The van der Waals surface area contributed by atoms with Gasteiger partial charge in [0.25, 0.3) is 0 Å². The van der Waals surface area contributed by atoms with Crippen LogP contribution < -0.4 is 5.32 Å². The van der Waals surface area contributed by atoms with Gasteiger partial charge >= 0.3 is 0 Å². The first-order valence-electron chi connectivity index (χ1n) is 5.39. The van der Waals surface area contributed by atoms with Crippen molar-refractivity contribution in [3.05, 3.63) is 30.1 Å². The van der Waals surface area contributed by atoms with Gasteiger partial charge in [-0.15, -0.1) is 11.6 Å². The van der Waals surface area contributed by atoms with Gasteiger partial charge in [0.2, 0.25) is 0 Å². The molecule has 0 aliphatic heterocycles. The number of fused-ring (bicyclic) bond motifs is 1. The molecule has 0 spiro atoms. The number of methoxy groups -OCH3 is 1. The smallest absolute Gasteiger partial charge is 0.146 e. The van der Waals surface area contributed by atoms with E-state index in [1.807, 2.05) is 24.3 Å². The molecule has 1 N–H and O–H groups in total. The van der Waals surface area contributed by atoms with Gasteiger partial charge in [0.15, 0.2) is 0 Å². The van der Waals surface area contributed by atoms with Gasteiger partial charge < -0.3 is 10.1 Å². The highest BCUT2D eigenvalue weighted by molar-refractivity contribution is 6.16. The van der Waals surface area contributed by atoms with Crippen molar-refractivity contribution in [2.45, 2.75) is 5.88 Å². The molecule has 0 radical (unpaired) electrons. The second-order valence-electron chi connectivity index (χ2n) is 3.56. The standard InChI is InChI=1S/C12H14ClN3O/c1-17-7-6-14-12-9-4-2-3-5-10(9)15-11(8-13)16-12/h2-5H,6-8H2,1H3,(H,14,15,16). The van der Waals surface area contributed by atoms with Crippen LogP contribution in [0, 0.1) is 0 Å². The normalized spacial score (nSPS) is 10.7. The summed E-state index contributed by atoms with van der Waals surface area (Å²) in [5, 5.41) is 4.23. The van der Waals surface area contributed by atoms with Crippen molar-refractivity contribution in [2.75, 3.05) is 25.6 Å². The summed E-state index contributed by atoms with van der Waals surface area (Å²) >= 11 is 5.78. The Morgan fingerprint density at radius 2 is 2.12 bits per heavy atom. The fraction of sp³-hybridized carbons (Fsp3) is 0.333. The summed E-state index contributed by atoms with van der Waals surface area (Å²) in [6.07, 6.45) is 0. The first-order chi connectivity index (χ1) is 8.35. The molecule has 1 aromatic carbocycles. The van der Waals surface area contributed by atoms with Gasteiger partial charge in [0.1, 0.15) is 11.6 Å². The van der Waals surface area contributed by atoms with Gasteiger partial charge in [0.05, 0.1) is 18.0 Å². The number of ether oxygens (including phenoxy) is 1. The van der Waals surface area contributed by atoms with E-state index >= 15 is 0 Å². The van der Waals surface area contributed by atoms with Crippen molar-refractivity contribution >= 4 is 28.3 Å². The van der Waals surface area contributed by atoms with Crippen LogP contribution in [-0.2, 0) is 10.6 Å². The van der Waals surface area contributed by atoms with Gasteiger partial charge in [-0.25, -0.2) is 9.97 Å². The number of hydrogen-bond acceptors (Lipinski definition) is 4. The summed E-state index contributed by atoms with van der Waals surface area (Å²) in [5.74, 6) is 1.75. The molecule has 4 nitrogen and oxygen atoms in total. The van der Waals surface area contributed by atoms with Crippen molar-refractivity contribution in [3.63, 3.8) is 0 Å². The zero-order valence-electron chi connectivity index (χ0n) is 9.61. The molecular formula is C12H14ClN3O. The molecule has 5 heteroatoms. The molecule has 0 unspecified atom stereocenters. The van der Waals surface area contributed by atoms with Crippen molar-refractivity contribution in [3.8, 4) is 0 Å². The molecule has 0 fully saturated rings. The Hall–Kier alpha value is -1.39. The minimum absolute atomic E-state index is 0.309. The van der Waals surface area contributed by atoms with Crippen molar-refractivity contribution < 1.29 is 4.74 Å². The van der Waals surface area contributed by atoms with Gasteiger partial charge in [-0.1, -0.05) is 12.1 Å². The van der Waals surface area contributed by atoms with Crippen LogP contribution in [0.15, 0.2) is 24.3 Å². The van der Waals surface area contributed by atoms with E-state index in [1.54, 1.807) is 7.11 Å². The minimum Gasteiger partial charge on any atom is -0.383 e. The van der Waals surface area contributed by atoms with E-state index in [9.17, 15) is 0 Å². The fourth-order valence-corrected chi connectivity index (χ4v) is 1.71. The second-order valence-corrected chi connectivity index (χ2v) is 3.83. The Balaban J connectivity index is 2.36. The summed E-state index contributed by atoms with van der Waals surface area (Å²) in [6, 6.07) is 7.86. The lowest BCUT2D eigenvalue weighted by molar-refractivity contribution is 0.210. The second kappa shape index (κ2) is 5.80. The largest absolute Gasteiger partial charge is 0.383 e. The summed E-state index contributed by atoms with van der Waals surface area (Å²) in [7, 11) is 1.67. The van der Waals surface area contributed by atoms with Gasteiger partial charge in [-0.3, -0.25) is 0 Å². The predicted molar refractivity (Wildman–Crippen MR) is 69.5 cm³/mol. The molecule has 0 aliphatic rings. The molecule has 90 valence electrons. The minimum atomic E-state index is 0.309. The third kappa shape index (κ3) is 2.84. The van der Waals surface area contributed by atoms with E-state index in [0.717, 1.165) is 16.7 Å². The van der Waals surface area contributed by atoms with E-state index in [1.165, 1.54) is 0 Å². The Bertz CT molecular complexity index is 504. The number of nitrogens with one attached hydrogen (secondary N) is 1. The van der Waals surface area contributed by atoms with E-state index < -0.39 is 0 Å². The summed E-state index contributed by atoms with van der Waals surface area (Å²) < 4.78 is 5.00. The van der Waals surface area contributed by atoms with Crippen LogP contribution in [0.3, 0.4) is 0 Å². The van der Waals surface area contributed by atoms with Gasteiger partial charge in [-0.05, 0) is 12.1 Å². The quantitative estimate of drug-likeness (QED) is 0.655. The number of nitrogens with zero attached hydrogens (tertiary/aromatic N) is 2. The van der Waals surface area contributed by atoms with Gasteiger partial charge in [-0.2, -0.15) is 0 Å². The number of para-hydroxylation sites is 1. The Kier molecular flexibility index (Phi) is 4.12. The van der Waals surface area contributed by atoms with Crippen LogP contribution in [0.5, 0.6) is 0 Å². The SMILES string of the molecule is COCCNc1nc(CCl)nc2ccccc12. The topological polar surface area (TPSA) is 47.0 Å². The molecule has 0 bridgehead atoms. The number of rotatable bonds is 5. The average Bonchev–Trinajstić information content (AvgIpc) is 2.38. The maximum Gasteiger partial charge on any atom is 0.146 e. The molecule has 0 saturated carbocycles. The van der Waals surface area contributed by atoms with E-state index in [2.05, 4.69) is 15.3 Å². The molecule has 1 aromatic heterocycles. The van der Waals surface area contributed by atoms with E-state index in [0.29, 0.717) is 24.9 Å². The first kappa shape index (κ1) is 12.1. The highest BCUT2D eigenvalue weighted by Gasteiger charge is 2.05. The number of benzene rings is 1. The van der Waals surface area contributed by atoms with Gasteiger partial charge in [0, 0.05) is 19.0 Å². The van der Waals surface area contributed by atoms with Crippen LogP contribution in [0.2, 0.25) is 0 Å². The molecule has 0 aliphatic carbocycles. The first-order valence-corrected chi connectivity index (χ1v) is 5.93. The highest BCUT2D eigenvalue weighted by atomic mass is 35.5. The monoisotopic (exact) mass is 251 g/mol. The average molecular weight is 252 g/mol. The molecule has 17 heavy (non-hydrogen) atoms. The van der Waals surface area contributed by atoms with Crippen molar-refractivity contribution in [1.29, 1.82) is 0 Å². The lowest BCUT2D eigenvalue weighted by atomic mass is 10.2. The van der Waals surface area contributed by atoms with E-state index in [4.69, 9.17) is 16.3 Å². The summed E-state index contributed by atoms with van der Waals surface area (Å²) in [4.78, 5) is 8.75. The number of halogens is 1. The van der Waals surface area contributed by atoms with E-state index in [-0.39, 0.29) is 0 Å². The van der Waals surface area contributed by atoms with Crippen LogP contribution >= 0.6 is 11.6 Å². The lowest BCUT2D eigenvalue weighted by Crippen LogP contribution is -2.10. The van der Waals surface area contributed by atoms with Crippen molar-refractivity contribution in [2.24, 2.45) is 0 Å². The highest BCUT2D eigenvalue weighted by Crippen LogP contribution is 2.20. The number of aromatic nitrogens is 2. The molecule has 2 rings (SSSR count). The maximum atomic E-state index is 5.78. The third-order valence-corrected chi connectivity index (χ3v) is 2.61. The third-order valence-electron chi connectivity index (χ3n) is 2.37. The predicted octanol–water partition coefficient (Wildman–Crippen LogP) is 2.43. The lowest BCUT2D eigenvalue weighted by Gasteiger charge is -2.09. The van der Waals surface area contributed by atoms with Crippen LogP contribution in [0.25, 0.3) is 10.9 Å². The molecule has 0 atom stereocenters. The number of anilines is 1. The fourth-order valence-electron chi connectivity index (χ4n) is 1.59. The molecule has 0 amide bonds. The Morgan fingerprint density at radius 1 is 1.29 bits per heavy atom. The van der Waals surface area contributed by atoms with Crippen molar-refractivity contribution in [1.82, 2.24) is 9.97 Å². The molecule has 2 aromatic rings. The summed E-state index contributed by atoms with van der Waals surface area (Å²) in [6.45, 7) is 1.34. The molecular weight excluding hydrogens is 238 g/mol. The maximum absolute atomic E-state index is 5.78. The molecule has 1 heterocycles.